The first-order chi connectivity index (χ1) is 11.7. The van der Waals surface area contributed by atoms with Crippen molar-refractivity contribution in [3.63, 3.8) is 0 Å². The quantitative estimate of drug-likeness (QED) is 0.782. The maximum absolute atomic E-state index is 12.1. The Morgan fingerprint density at radius 3 is 2.48 bits per heavy atom. The highest BCUT2D eigenvalue weighted by Gasteiger charge is 2.24. The van der Waals surface area contributed by atoms with Gasteiger partial charge in [0.05, 0.1) is 19.9 Å². The average molecular weight is 348 g/mol. The Kier molecular flexibility index (Phi) is 5.66. The summed E-state index contributed by atoms with van der Waals surface area (Å²) in [7, 11) is 2.80. The van der Waals surface area contributed by atoms with E-state index in [0.29, 0.717) is 31.0 Å². The lowest BCUT2D eigenvalue weighted by molar-refractivity contribution is 0.0270. The maximum Gasteiger partial charge on any atom is 0.410 e. The van der Waals surface area contributed by atoms with Crippen LogP contribution in [0.5, 0.6) is 5.75 Å². The van der Waals surface area contributed by atoms with Gasteiger partial charge in [0.25, 0.3) is 0 Å². The molecule has 25 heavy (non-hydrogen) atoms. The van der Waals surface area contributed by atoms with Crippen LogP contribution in [-0.4, -0.2) is 54.9 Å². The van der Waals surface area contributed by atoms with Gasteiger partial charge in [0, 0.05) is 25.4 Å². The molecule has 0 aliphatic carbocycles. The van der Waals surface area contributed by atoms with E-state index < -0.39 is 11.6 Å². The zero-order valence-electron chi connectivity index (χ0n) is 15.3. The molecule has 0 atom stereocenters. The Balaban J connectivity index is 2.13. The highest BCUT2D eigenvalue weighted by atomic mass is 16.6. The number of carbonyl (C=O) groups excluding carboxylic acids is 2. The minimum atomic E-state index is -0.514. The summed E-state index contributed by atoms with van der Waals surface area (Å²) in [6, 6.07) is 1.71. The van der Waals surface area contributed by atoms with Crippen LogP contribution in [-0.2, 0) is 9.47 Å². The van der Waals surface area contributed by atoms with Gasteiger partial charge in [-0.1, -0.05) is 6.08 Å². The van der Waals surface area contributed by atoms with Gasteiger partial charge in [0.2, 0.25) is 0 Å². The van der Waals surface area contributed by atoms with Crippen molar-refractivity contribution in [3.8, 4) is 5.75 Å². The normalized spacial score (nSPS) is 14.6. The summed E-state index contributed by atoms with van der Waals surface area (Å²) in [6.07, 6.45) is 3.70. The molecule has 0 radical (unpaired) electrons. The first kappa shape index (κ1) is 18.8. The number of ether oxygens (including phenoxy) is 3. The smallest absolute Gasteiger partial charge is 0.410 e. The van der Waals surface area contributed by atoms with E-state index in [9.17, 15) is 9.59 Å². The van der Waals surface area contributed by atoms with E-state index in [2.05, 4.69) is 4.98 Å². The van der Waals surface area contributed by atoms with Crippen molar-refractivity contribution in [1.29, 1.82) is 0 Å². The van der Waals surface area contributed by atoms with E-state index in [1.807, 2.05) is 26.8 Å². The summed E-state index contributed by atoms with van der Waals surface area (Å²) in [5, 5.41) is 0. The Labute approximate surface area is 147 Å². The van der Waals surface area contributed by atoms with Crippen LogP contribution in [0, 0.1) is 0 Å². The summed E-state index contributed by atoms with van der Waals surface area (Å²) in [5.74, 6) is -0.0862. The number of carbonyl (C=O) groups is 2. The number of nitrogens with zero attached hydrogens (tertiary/aromatic N) is 2. The number of rotatable bonds is 3. The van der Waals surface area contributed by atoms with Gasteiger partial charge in [0.1, 0.15) is 16.9 Å². The Morgan fingerprint density at radius 2 is 1.96 bits per heavy atom. The molecular formula is C18H24N2O5. The molecule has 1 aliphatic heterocycles. The van der Waals surface area contributed by atoms with E-state index in [4.69, 9.17) is 14.2 Å². The lowest BCUT2D eigenvalue weighted by atomic mass is 10.0. The third kappa shape index (κ3) is 4.71. The van der Waals surface area contributed by atoms with Crippen LogP contribution in [0.2, 0.25) is 0 Å². The Bertz CT molecular complexity index is 691. The number of methoxy groups -OCH3 is 2. The van der Waals surface area contributed by atoms with E-state index in [1.165, 1.54) is 20.4 Å². The van der Waals surface area contributed by atoms with Crippen molar-refractivity contribution in [1.82, 2.24) is 9.88 Å². The summed E-state index contributed by atoms with van der Waals surface area (Å²) in [6.45, 7) is 6.52. The third-order valence-corrected chi connectivity index (χ3v) is 3.68. The van der Waals surface area contributed by atoms with Crippen LogP contribution in [0.4, 0.5) is 4.79 Å². The molecule has 0 N–H and O–H groups in total. The molecule has 1 aromatic heterocycles. The zero-order chi connectivity index (χ0) is 18.6. The van der Waals surface area contributed by atoms with Gasteiger partial charge in [-0.2, -0.15) is 0 Å². The summed E-state index contributed by atoms with van der Waals surface area (Å²) in [4.78, 5) is 29.8. The predicted molar refractivity (Wildman–Crippen MR) is 92.5 cm³/mol. The molecule has 7 heteroatoms. The van der Waals surface area contributed by atoms with Gasteiger partial charge in [-0.3, -0.25) is 4.98 Å². The zero-order valence-corrected chi connectivity index (χ0v) is 15.3. The molecule has 136 valence electrons. The lowest BCUT2D eigenvalue weighted by Crippen LogP contribution is -2.39. The van der Waals surface area contributed by atoms with Crippen molar-refractivity contribution < 1.29 is 23.8 Å². The van der Waals surface area contributed by atoms with E-state index in [1.54, 1.807) is 11.0 Å². The van der Waals surface area contributed by atoms with Crippen LogP contribution in [0.25, 0.3) is 5.57 Å². The van der Waals surface area contributed by atoms with Gasteiger partial charge in [0.15, 0.2) is 0 Å². The van der Waals surface area contributed by atoms with Crippen molar-refractivity contribution in [2.75, 3.05) is 27.3 Å². The van der Waals surface area contributed by atoms with E-state index in [-0.39, 0.29) is 11.7 Å². The number of hydrogen-bond donors (Lipinski definition) is 0. The SMILES string of the molecule is COC(=O)c1cnc(C2=CCN(C(=O)OC(C)(C)C)CC2)cc1OC. The fourth-order valence-corrected chi connectivity index (χ4v) is 2.44. The molecule has 1 amide bonds. The van der Waals surface area contributed by atoms with Crippen LogP contribution < -0.4 is 4.74 Å². The minimum absolute atomic E-state index is 0.278. The predicted octanol–water partition coefficient (Wildman–Crippen LogP) is 2.90. The second kappa shape index (κ2) is 7.55. The molecule has 7 nitrogen and oxygen atoms in total. The van der Waals surface area contributed by atoms with Gasteiger partial charge in [-0.25, -0.2) is 9.59 Å². The molecular weight excluding hydrogens is 324 g/mol. The lowest BCUT2D eigenvalue weighted by Gasteiger charge is -2.29. The molecule has 0 bridgehead atoms. The maximum atomic E-state index is 12.1. The highest BCUT2D eigenvalue weighted by molar-refractivity contribution is 5.92. The fourth-order valence-electron chi connectivity index (χ4n) is 2.44. The first-order valence-corrected chi connectivity index (χ1v) is 8.05. The van der Waals surface area contributed by atoms with Crippen LogP contribution in [0.3, 0.4) is 0 Å². The molecule has 0 fully saturated rings. The van der Waals surface area contributed by atoms with Gasteiger partial charge < -0.3 is 19.1 Å². The summed E-state index contributed by atoms with van der Waals surface area (Å²) >= 11 is 0. The Hall–Kier alpha value is -2.57. The topological polar surface area (TPSA) is 78.0 Å². The van der Waals surface area contributed by atoms with Crippen LogP contribution in [0.15, 0.2) is 18.3 Å². The molecule has 0 unspecified atom stereocenters. The molecule has 0 aromatic carbocycles. The average Bonchev–Trinajstić information content (AvgIpc) is 2.59. The van der Waals surface area contributed by atoms with Crippen molar-refractivity contribution in [2.45, 2.75) is 32.8 Å². The van der Waals surface area contributed by atoms with E-state index in [0.717, 1.165) is 5.57 Å². The van der Waals surface area contributed by atoms with Crippen LogP contribution >= 0.6 is 0 Å². The second-order valence-corrected chi connectivity index (χ2v) is 6.67. The van der Waals surface area contributed by atoms with Crippen molar-refractivity contribution >= 4 is 17.6 Å². The molecule has 0 spiro atoms. The molecule has 1 aromatic rings. The summed E-state index contributed by atoms with van der Waals surface area (Å²) < 4.78 is 15.4. The first-order valence-electron chi connectivity index (χ1n) is 8.05. The van der Waals surface area contributed by atoms with Crippen molar-refractivity contribution in [3.05, 3.63) is 29.6 Å². The molecule has 2 rings (SSSR count). The van der Waals surface area contributed by atoms with Crippen LogP contribution in [0.1, 0.15) is 43.2 Å². The van der Waals surface area contributed by atoms with Gasteiger partial charge in [-0.05, 0) is 32.8 Å². The number of esters is 1. The molecule has 2 heterocycles. The number of pyridine rings is 1. The van der Waals surface area contributed by atoms with Gasteiger partial charge in [-0.15, -0.1) is 0 Å². The molecule has 0 saturated heterocycles. The number of aromatic nitrogens is 1. The monoisotopic (exact) mass is 348 g/mol. The third-order valence-electron chi connectivity index (χ3n) is 3.68. The second-order valence-electron chi connectivity index (χ2n) is 6.67. The molecule has 0 saturated carbocycles. The van der Waals surface area contributed by atoms with Gasteiger partial charge >= 0.3 is 12.1 Å². The highest BCUT2D eigenvalue weighted by Crippen LogP contribution is 2.27. The Morgan fingerprint density at radius 1 is 1.24 bits per heavy atom. The van der Waals surface area contributed by atoms with E-state index >= 15 is 0 Å². The number of amides is 1. The largest absolute Gasteiger partial charge is 0.496 e. The standard InChI is InChI=1S/C18H24N2O5/c1-18(2,3)25-17(22)20-8-6-12(7-9-20)14-10-15(23-4)13(11-19-14)16(21)24-5/h6,10-11H,7-9H2,1-5H3. The van der Waals surface area contributed by atoms with Crippen molar-refractivity contribution in [2.24, 2.45) is 0 Å². The fraction of sp³-hybridized carbons (Fsp3) is 0.500. The minimum Gasteiger partial charge on any atom is -0.496 e. The number of hydrogen-bond acceptors (Lipinski definition) is 6. The molecule has 1 aliphatic rings. The summed E-state index contributed by atoms with van der Waals surface area (Å²) in [5.41, 5.74) is 1.48.